The maximum Gasteiger partial charge on any atom is 0.431 e. The Bertz CT molecular complexity index is 1120. The zero-order chi connectivity index (χ0) is 26.2. The minimum absolute atomic E-state index is 0.0288. The highest BCUT2D eigenvalue weighted by atomic mass is 19.4. The van der Waals surface area contributed by atoms with Gasteiger partial charge in [0.2, 0.25) is 6.41 Å². The van der Waals surface area contributed by atoms with Crippen molar-refractivity contribution in [2.24, 2.45) is 0 Å². The van der Waals surface area contributed by atoms with Crippen LogP contribution in [0.25, 0.3) is 0 Å². The Morgan fingerprint density at radius 3 is 2.57 bits per heavy atom. The standard InChI is InChI=1S/C22H21F4N3O6/c1-4-33-20(32)11-34-21-16(6-5-7-27-21)35-17-9-15(14(23)8-13(17)2)29(3)19(31)10-18(28-12-30)22(24,25)26/h5-10,12H,4,11H2,1-3H3,(H,28,30)/b18-10-. The highest BCUT2D eigenvalue weighted by molar-refractivity contribution is 6.02. The molecule has 0 aliphatic heterocycles. The van der Waals surface area contributed by atoms with Crippen LogP contribution in [-0.2, 0) is 19.1 Å². The maximum atomic E-state index is 14.6. The Morgan fingerprint density at radius 1 is 1.23 bits per heavy atom. The molecule has 0 spiro atoms. The van der Waals surface area contributed by atoms with Gasteiger partial charge in [0.15, 0.2) is 12.4 Å². The number of aryl methyl sites for hydroxylation is 1. The topological polar surface area (TPSA) is 107 Å². The first-order valence-electron chi connectivity index (χ1n) is 9.96. The van der Waals surface area contributed by atoms with Gasteiger partial charge in [0.1, 0.15) is 17.3 Å². The molecule has 0 aliphatic rings. The largest absolute Gasteiger partial charge is 0.463 e. The van der Waals surface area contributed by atoms with E-state index in [1.165, 1.54) is 30.6 Å². The predicted molar refractivity (Wildman–Crippen MR) is 114 cm³/mol. The number of amides is 2. The summed E-state index contributed by atoms with van der Waals surface area (Å²) < 4.78 is 69.3. The van der Waals surface area contributed by atoms with E-state index in [0.717, 1.165) is 19.2 Å². The van der Waals surface area contributed by atoms with Gasteiger partial charge >= 0.3 is 12.1 Å². The van der Waals surface area contributed by atoms with Crippen LogP contribution in [0.3, 0.4) is 0 Å². The molecule has 2 amide bonds. The number of aromatic nitrogens is 1. The van der Waals surface area contributed by atoms with Gasteiger partial charge in [-0.3, -0.25) is 9.59 Å². The highest BCUT2D eigenvalue weighted by Gasteiger charge is 2.35. The Labute approximate surface area is 197 Å². The number of rotatable bonds is 10. The van der Waals surface area contributed by atoms with Gasteiger partial charge in [0, 0.05) is 25.4 Å². The average molecular weight is 499 g/mol. The number of esters is 1. The van der Waals surface area contributed by atoms with Crippen LogP contribution in [-0.4, -0.2) is 49.7 Å². The molecule has 35 heavy (non-hydrogen) atoms. The minimum Gasteiger partial charge on any atom is -0.463 e. The second kappa shape index (κ2) is 11.8. The second-order valence-corrected chi connectivity index (χ2v) is 6.79. The van der Waals surface area contributed by atoms with Crippen molar-refractivity contribution in [3.05, 3.63) is 53.6 Å². The molecule has 1 aromatic carbocycles. The first-order chi connectivity index (χ1) is 16.5. The van der Waals surface area contributed by atoms with E-state index in [0.29, 0.717) is 4.90 Å². The monoisotopic (exact) mass is 499 g/mol. The molecule has 0 aliphatic carbocycles. The molecular weight excluding hydrogens is 478 g/mol. The van der Waals surface area contributed by atoms with Gasteiger partial charge < -0.3 is 24.4 Å². The van der Waals surface area contributed by atoms with E-state index in [9.17, 15) is 31.9 Å². The fraction of sp³-hybridized carbons (Fsp3) is 0.273. The number of anilines is 1. The van der Waals surface area contributed by atoms with E-state index in [-0.39, 0.29) is 42.0 Å². The van der Waals surface area contributed by atoms with Gasteiger partial charge in [-0.15, -0.1) is 0 Å². The number of benzene rings is 1. The fourth-order valence-electron chi connectivity index (χ4n) is 2.63. The van der Waals surface area contributed by atoms with E-state index in [1.54, 1.807) is 6.92 Å². The third-order valence-electron chi connectivity index (χ3n) is 4.31. The first-order valence-corrected chi connectivity index (χ1v) is 9.96. The molecule has 0 radical (unpaired) electrons. The number of carbonyl (C=O) groups excluding carboxylic acids is 3. The summed E-state index contributed by atoms with van der Waals surface area (Å²) in [5.41, 5.74) is -1.74. The predicted octanol–water partition coefficient (Wildman–Crippen LogP) is 3.42. The molecular formula is C22H21F4N3O6. The van der Waals surface area contributed by atoms with Crippen molar-refractivity contribution in [1.29, 1.82) is 0 Å². The number of halogens is 4. The Morgan fingerprint density at radius 2 is 1.94 bits per heavy atom. The molecule has 0 atom stereocenters. The summed E-state index contributed by atoms with van der Waals surface area (Å²) in [5.74, 6) is -2.82. The molecule has 0 fully saturated rings. The number of nitrogens with one attached hydrogen (secondary N) is 1. The van der Waals surface area contributed by atoms with Crippen molar-refractivity contribution in [3.63, 3.8) is 0 Å². The van der Waals surface area contributed by atoms with E-state index in [4.69, 9.17) is 14.2 Å². The number of hydrogen-bond acceptors (Lipinski definition) is 7. The molecule has 13 heteroatoms. The maximum absolute atomic E-state index is 14.6. The molecule has 188 valence electrons. The lowest BCUT2D eigenvalue weighted by Crippen LogP contribution is -2.31. The number of ether oxygens (including phenoxy) is 3. The molecule has 1 heterocycles. The lowest BCUT2D eigenvalue weighted by atomic mass is 10.1. The van der Waals surface area contributed by atoms with Crippen molar-refractivity contribution in [2.75, 3.05) is 25.2 Å². The summed E-state index contributed by atoms with van der Waals surface area (Å²) in [7, 11) is 1.04. The number of hydrogen-bond donors (Lipinski definition) is 1. The molecule has 9 nitrogen and oxygen atoms in total. The van der Waals surface area contributed by atoms with Gasteiger partial charge in [-0.2, -0.15) is 13.2 Å². The summed E-state index contributed by atoms with van der Waals surface area (Å²) in [5, 5.41) is 1.40. The quantitative estimate of drug-likeness (QED) is 0.231. The zero-order valence-corrected chi connectivity index (χ0v) is 18.8. The summed E-state index contributed by atoms with van der Waals surface area (Å²) >= 11 is 0. The number of allylic oxidation sites excluding steroid dienone is 1. The van der Waals surface area contributed by atoms with Crippen molar-refractivity contribution in [2.45, 2.75) is 20.0 Å². The second-order valence-electron chi connectivity index (χ2n) is 6.79. The Balaban J connectivity index is 2.34. The number of alkyl halides is 3. The molecule has 2 rings (SSSR count). The van der Waals surface area contributed by atoms with E-state index in [1.807, 2.05) is 0 Å². The van der Waals surface area contributed by atoms with Crippen molar-refractivity contribution in [1.82, 2.24) is 10.3 Å². The Hall–Kier alpha value is -4.16. The highest BCUT2D eigenvalue weighted by Crippen LogP contribution is 2.35. The smallest absolute Gasteiger partial charge is 0.431 e. The third-order valence-corrected chi connectivity index (χ3v) is 4.31. The van der Waals surface area contributed by atoms with Gasteiger partial charge in [-0.1, -0.05) is 0 Å². The SMILES string of the molecule is CCOC(=O)COc1ncccc1Oc1cc(N(C)C(=O)/C=C(\NC=O)C(F)(F)F)c(F)cc1C. The summed E-state index contributed by atoms with van der Waals surface area (Å²) in [6.07, 6.45) is -3.75. The first kappa shape index (κ1) is 27.1. The molecule has 0 bridgehead atoms. The van der Waals surface area contributed by atoms with E-state index < -0.39 is 41.9 Å². The van der Waals surface area contributed by atoms with Crippen LogP contribution < -0.4 is 19.7 Å². The molecule has 1 N–H and O–H groups in total. The molecule has 0 unspecified atom stereocenters. The lowest BCUT2D eigenvalue weighted by molar-refractivity contribution is -0.145. The summed E-state index contributed by atoms with van der Waals surface area (Å²) in [6, 6.07) is 5.07. The van der Waals surface area contributed by atoms with Crippen molar-refractivity contribution in [3.8, 4) is 17.4 Å². The summed E-state index contributed by atoms with van der Waals surface area (Å²) in [4.78, 5) is 38.9. The van der Waals surface area contributed by atoms with Gasteiger partial charge in [0.05, 0.1) is 12.3 Å². The van der Waals surface area contributed by atoms with Gasteiger partial charge in [-0.05, 0) is 37.6 Å². The van der Waals surface area contributed by atoms with Crippen molar-refractivity contribution >= 4 is 24.0 Å². The average Bonchev–Trinajstić information content (AvgIpc) is 2.79. The number of carbonyl (C=O) groups is 3. The van der Waals surface area contributed by atoms with Gasteiger partial charge in [-0.25, -0.2) is 14.2 Å². The molecule has 0 saturated heterocycles. The number of likely N-dealkylation sites (N-methyl/N-ethyl adjacent to an activating group) is 1. The lowest BCUT2D eigenvalue weighted by Gasteiger charge is -2.20. The van der Waals surface area contributed by atoms with Crippen LogP contribution in [0.15, 0.2) is 42.2 Å². The van der Waals surface area contributed by atoms with Crippen LogP contribution in [0.4, 0.5) is 23.2 Å². The molecule has 0 saturated carbocycles. The van der Waals surface area contributed by atoms with Crippen LogP contribution in [0.1, 0.15) is 12.5 Å². The van der Waals surface area contributed by atoms with Crippen LogP contribution in [0.2, 0.25) is 0 Å². The van der Waals surface area contributed by atoms with E-state index in [2.05, 4.69) is 4.98 Å². The van der Waals surface area contributed by atoms with Crippen LogP contribution in [0.5, 0.6) is 17.4 Å². The van der Waals surface area contributed by atoms with Crippen LogP contribution >= 0.6 is 0 Å². The fourth-order valence-corrected chi connectivity index (χ4v) is 2.63. The normalized spacial score (nSPS) is 11.5. The molecule has 1 aromatic heterocycles. The number of pyridine rings is 1. The minimum atomic E-state index is -5.02. The zero-order valence-electron chi connectivity index (χ0n) is 18.8. The Kier molecular flexibility index (Phi) is 9.14. The van der Waals surface area contributed by atoms with Gasteiger partial charge in [0.25, 0.3) is 11.8 Å². The van der Waals surface area contributed by atoms with Crippen molar-refractivity contribution < 1.29 is 46.2 Å². The third kappa shape index (κ3) is 7.42. The number of nitrogens with zero attached hydrogens (tertiary/aromatic N) is 2. The van der Waals surface area contributed by atoms with E-state index >= 15 is 0 Å². The molecule has 2 aromatic rings. The summed E-state index contributed by atoms with van der Waals surface area (Å²) in [6.45, 7) is 2.83. The van der Waals surface area contributed by atoms with Crippen LogP contribution in [0, 0.1) is 12.7 Å².